The summed E-state index contributed by atoms with van der Waals surface area (Å²) in [5, 5.41) is 18.7. The predicted molar refractivity (Wildman–Crippen MR) is 59.7 cm³/mol. The molecule has 1 aliphatic heterocycles. The molecule has 2 N–H and O–H groups in total. The van der Waals surface area contributed by atoms with Gasteiger partial charge in [-0.2, -0.15) is 0 Å². The molecule has 2 fully saturated rings. The van der Waals surface area contributed by atoms with E-state index in [0.717, 1.165) is 32.5 Å². The quantitative estimate of drug-likeness (QED) is 0.620. The lowest BCUT2D eigenvalue weighted by Crippen LogP contribution is -2.63. The first kappa shape index (κ1) is 11.4. The Kier molecular flexibility index (Phi) is 3.65. The van der Waals surface area contributed by atoms with Crippen molar-refractivity contribution in [3.63, 3.8) is 0 Å². The molecular weight excluding hydrogens is 190 g/mol. The molecule has 1 heterocycles. The van der Waals surface area contributed by atoms with E-state index in [1.165, 1.54) is 25.7 Å². The van der Waals surface area contributed by atoms with Crippen LogP contribution in [0.25, 0.3) is 0 Å². The van der Waals surface area contributed by atoms with Gasteiger partial charge in [-0.05, 0) is 38.1 Å². The molecule has 0 radical (unpaired) electrons. The van der Waals surface area contributed by atoms with Crippen molar-refractivity contribution >= 4 is 0 Å². The third kappa shape index (κ3) is 2.92. The van der Waals surface area contributed by atoms with Gasteiger partial charge >= 0.3 is 0 Å². The summed E-state index contributed by atoms with van der Waals surface area (Å²) in [6.07, 6.45) is 6.96. The van der Waals surface area contributed by atoms with Crippen molar-refractivity contribution in [3.8, 4) is 0 Å². The van der Waals surface area contributed by atoms with E-state index in [-0.39, 0.29) is 5.60 Å². The average Bonchev–Trinajstić information content (AvgIpc) is 2.97. The van der Waals surface area contributed by atoms with E-state index in [1.807, 2.05) is 0 Å². The number of aliphatic hydroxyl groups is 2. The number of aliphatic hydroxyl groups excluding tert-OH is 1. The van der Waals surface area contributed by atoms with Crippen LogP contribution in [0.5, 0.6) is 0 Å². The molecule has 0 unspecified atom stereocenters. The topological polar surface area (TPSA) is 43.7 Å². The maximum atomic E-state index is 10.1. The first-order valence-electron chi connectivity index (χ1n) is 6.30. The molecule has 0 aromatic rings. The lowest BCUT2D eigenvalue weighted by molar-refractivity contribution is -0.113. The first-order valence-corrected chi connectivity index (χ1v) is 6.30. The van der Waals surface area contributed by atoms with Gasteiger partial charge in [-0.1, -0.05) is 12.8 Å². The molecule has 2 aliphatic rings. The Morgan fingerprint density at radius 2 is 1.73 bits per heavy atom. The lowest BCUT2D eigenvalue weighted by atomic mass is 9.88. The van der Waals surface area contributed by atoms with Gasteiger partial charge in [-0.15, -0.1) is 0 Å². The van der Waals surface area contributed by atoms with Crippen molar-refractivity contribution in [3.05, 3.63) is 0 Å². The SMILES string of the molecule is OCCCCCCN1CC(O)(C2CC2)C1. The van der Waals surface area contributed by atoms with Crippen LogP contribution in [0.2, 0.25) is 0 Å². The van der Waals surface area contributed by atoms with Gasteiger partial charge in [0.2, 0.25) is 0 Å². The second-order valence-corrected chi connectivity index (χ2v) is 5.23. The van der Waals surface area contributed by atoms with Crippen LogP contribution in [0, 0.1) is 5.92 Å². The van der Waals surface area contributed by atoms with Crippen molar-refractivity contribution in [1.29, 1.82) is 0 Å². The van der Waals surface area contributed by atoms with E-state index in [1.54, 1.807) is 0 Å². The van der Waals surface area contributed by atoms with Crippen molar-refractivity contribution in [1.82, 2.24) is 4.90 Å². The van der Waals surface area contributed by atoms with Crippen molar-refractivity contribution < 1.29 is 10.2 Å². The molecule has 2 rings (SSSR count). The minimum atomic E-state index is -0.314. The number of β-amino-alcohol motifs (C(OH)–C–C–N with tert-alkyl or cyclic N) is 1. The molecular formula is C12H23NO2. The molecule has 1 saturated carbocycles. The number of unbranched alkanes of at least 4 members (excludes halogenated alkanes) is 3. The molecule has 3 heteroatoms. The normalized spacial score (nSPS) is 25.2. The zero-order chi connectivity index (χ0) is 10.7. The maximum Gasteiger partial charge on any atom is 0.0928 e. The first-order chi connectivity index (χ1) is 7.24. The fraction of sp³-hybridized carbons (Fsp3) is 1.00. The van der Waals surface area contributed by atoms with Gasteiger partial charge in [0.05, 0.1) is 5.60 Å². The molecule has 1 aliphatic carbocycles. The Morgan fingerprint density at radius 1 is 1.07 bits per heavy atom. The Labute approximate surface area is 92.1 Å². The van der Waals surface area contributed by atoms with Gasteiger partial charge in [0.25, 0.3) is 0 Å². The second kappa shape index (κ2) is 4.81. The predicted octanol–water partition coefficient (Wildman–Crippen LogP) is 0.996. The van der Waals surface area contributed by atoms with Gasteiger partial charge in [0.1, 0.15) is 0 Å². The van der Waals surface area contributed by atoms with Crippen LogP contribution in [0.3, 0.4) is 0 Å². The van der Waals surface area contributed by atoms with Crippen molar-refractivity contribution in [2.75, 3.05) is 26.2 Å². The summed E-state index contributed by atoms with van der Waals surface area (Å²) < 4.78 is 0. The highest BCUT2D eigenvalue weighted by molar-refractivity contribution is 5.05. The Morgan fingerprint density at radius 3 is 2.33 bits per heavy atom. The zero-order valence-electron chi connectivity index (χ0n) is 9.49. The van der Waals surface area contributed by atoms with Crippen molar-refractivity contribution in [2.45, 2.75) is 44.1 Å². The molecule has 15 heavy (non-hydrogen) atoms. The number of hydrogen-bond donors (Lipinski definition) is 2. The third-order valence-corrected chi connectivity index (χ3v) is 3.71. The fourth-order valence-corrected chi connectivity index (χ4v) is 2.57. The third-order valence-electron chi connectivity index (χ3n) is 3.71. The summed E-state index contributed by atoms with van der Waals surface area (Å²) in [4.78, 5) is 2.36. The molecule has 0 aromatic carbocycles. The van der Waals surface area contributed by atoms with Gasteiger partial charge in [0, 0.05) is 19.7 Å². The summed E-state index contributed by atoms with van der Waals surface area (Å²) in [6.45, 7) is 3.25. The van der Waals surface area contributed by atoms with Crippen LogP contribution in [0.1, 0.15) is 38.5 Å². The minimum Gasteiger partial charge on any atom is -0.396 e. The van der Waals surface area contributed by atoms with Crippen LogP contribution in [-0.4, -0.2) is 47.0 Å². The van der Waals surface area contributed by atoms with E-state index in [2.05, 4.69) is 4.90 Å². The van der Waals surface area contributed by atoms with Crippen LogP contribution in [0.4, 0.5) is 0 Å². The maximum absolute atomic E-state index is 10.1. The zero-order valence-corrected chi connectivity index (χ0v) is 9.49. The van der Waals surface area contributed by atoms with E-state index in [0.29, 0.717) is 12.5 Å². The van der Waals surface area contributed by atoms with Crippen LogP contribution < -0.4 is 0 Å². The standard InChI is InChI=1S/C12H23NO2/c14-8-4-2-1-3-7-13-9-12(15,10-13)11-5-6-11/h11,14-15H,1-10H2. The highest BCUT2D eigenvalue weighted by Gasteiger charge is 2.51. The molecule has 0 aromatic heterocycles. The van der Waals surface area contributed by atoms with Crippen LogP contribution >= 0.6 is 0 Å². The summed E-state index contributed by atoms with van der Waals surface area (Å²) >= 11 is 0. The summed E-state index contributed by atoms with van der Waals surface area (Å²) in [6, 6.07) is 0. The minimum absolute atomic E-state index is 0.314. The second-order valence-electron chi connectivity index (χ2n) is 5.23. The molecule has 3 nitrogen and oxygen atoms in total. The van der Waals surface area contributed by atoms with Crippen LogP contribution in [-0.2, 0) is 0 Å². The highest BCUT2D eigenvalue weighted by Crippen LogP contribution is 2.44. The average molecular weight is 213 g/mol. The van der Waals surface area contributed by atoms with Crippen LogP contribution in [0.15, 0.2) is 0 Å². The van der Waals surface area contributed by atoms with E-state index >= 15 is 0 Å². The summed E-state index contributed by atoms with van der Waals surface area (Å²) in [5.74, 6) is 0.614. The van der Waals surface area contributed by atoms with Gasteiger partial charge in [-0.25, -0.2) is 0 Å². The number of nitrogens with zero attached hydrogens (tertiary/aromatic N) is 1. The Bertz CT molecular complexity index is 198. The van der Waals surface area contributed by atoms with Gasteiger partial charge < -0.3 is 10.2 Å². The lowest BCUT2D eigenvalue weighted by Gasteiger charge is -2.47. The largest absolute Gasteiger partial charge is 0.396 e. The molecule has 0 atom stereocenters. The molecule has 0 spiro atoms. The van der Waals surface area contributed by atoms with Gasteiger partial charge in [-0.3, -0.25) is 4.90 Å². The summed E-state index contributed by atoms with van der Waals surface area (Å²) in [7, 11) is 0. The highest BCUT2D eigenvalue weighted by atomic mass is 16.3. The monoisotopic (exact) mass is 213 g/mol. The van der Waals surface area contributed by atoms with Gasteiger partial charge in [0.15, 0.2) is 0 Å². The smallest absolute Gasteiger partial charge is 0.0928 e. The van der Waals surface area contributed by atoms with E-state index < -0.39 is 0 Å². The Hall–Kier alpha value is -0.120. The Balaban J connectivity index is 1.48. The molecule has 0 bridgehead atoms. The fourth-order valence-electron chi connectivity index (χ4n) is 2.57. The number of likely N-dealkylation sites (tertiary alicyclic amines) is 1. The molecule has 88 valence electrons. The van der Waals surface area contributed by atoms with E-state index in [9.17, 15) is 5.11 Å². The molecule has 0 amide bonds. The van der Waals surface area contributed by atoms with Crippen molar-refractivity contribution in [2.24, 2.45) is 5.92 Å². The summed E-state index contributed by atoms with van der Waals surface area (Å²) in [5.41, 5.74) is -0.314. The number of hydrogen-bond acceptors (Lipinski definition) is 3. The number of rotatable bonds is 7. The van der Waals surface area contributed by atoms with E-state index in [4.69, 9.17) is 5.11 Å². The molecule has 1 saturated heterocycles.